The van der Waals surface area contributed by atoms with Gasteiger partial charge in [-0.3, -0.25) is 4.99 Å². The first-order chi connectivity index (χ1) is 11.7. The maximum absolute atomic E-state index is 13.6. The first kappa shape index (κ1) is 16.0. The van der Waals surface area contributed by atoms with Crippen molar-refractivity contribution in [3.63, 3.8) is 0 Å². The van der Waals surface area contributed by atoms with Crippen LogP contribution in [0.15, 0.2) is 59.6 Å². The van der Waals surface area contributed by atoms with Gasteiger partial charge in [-0.2, -0.15) is 0 Å². The zero-order valence-corrected chi connectivity index (χ0v) is 13.7. The molecule has 3 aromatic rings. The van der Waals surface area contributed by atoms with E-state index >= 15 is 0 Å². The Labute approximate surface area is 140 Å². The molecule has 0 fully saturated rings. The number of aromatic nitrogens is 1. The molecule has 0 unspecified atom stereocenters. The summed E-state index contributed by atoms with van der Waals surface area (Å²) in [5.74, 6) is -0.111. The Morgan fingerprint density at radius 1 is 1.17 bits per heavy atom. The summed E-state index contributed by atoms with van der Waals surface area (Å²) < 4.78 is 20.6. The Kier molecular flexibility index (Phi) is 4.75. The van der Waals surface area contributed by atoms with Crippen LogP contribution in [-0.4, -0.2) is 24.4 Å². The van der Waals surface area contributed by atoms with Gasteiger partial charge in [0.25, 0.3) is 0 Å². The first-order valence-electron chi connectivity index (χ1n) is 7.73. The fraction of sp³-hybridized carbons (Fsp3) is 0.150. The van der Waals surface area contributed by atoms with Gasteiger partial charge in [0.1, 0.15) is 0 Å². The third-order valence-electron chi connectivity index (χ3n) is 3.91. The summed E-state index contributed by atoms with van der Waals surface area (Å²) in [6, 6.07) is 15.2. The highest BCUT2D eigenvalue weighted by Gasteiger charge is 2.02. The van der Waals surface area contributed by atoms with E-state index in [4.69, 9.17) is 4.74 Å². The molecule has 122 valence electrons. The molecule has 0 aliphatic heterocycles. The van der Waals surface area contributed by atoms with E-state index in [9.17, 15) is 4.39 Å². The van der Waals surface area contributed by atoms with Crippen LogP contribution in [0, 0.1) is 5.82 Å². The summed E-state index contributed by atoms with van der Waals surface area (Å²) in [4.78, 5) is 4.42. The molecule has 0 saturated heterocycles. The average Bonchev–Trinajstić information content (AvgIpc) is 2.91. The summed E-state index contributed by atoms with van der Waals surface area (Å²) in [6.45, 7) is 0.537. The van der Waals surface area contributed by atoms with Gasteiger partial charge in [-0.15, -0.1) is 0 Å². The van der Waals surface area contributed by atoms with Crippen LogP contribution in [0.3, 0.4) is 0 Å². The Morgan fingerprint density at radius 2 is 2.00 bits per heavy atom. The zero-order chi connectivity index (χ0) is 16.9. The summed E-state index contributed by atoms with van der Waals surface area (Å²) in [6.07, 6.45) is 5.61. The van der Waals surface area contributed by atoms with E-state index in [2.05, 4.69) is 27.8 Å². The van der Waals surface area contributed by atoms with Gasteiger partial charge in [0, 0.05) is 24.2 Å². The molecule has 0 bridgehead atoms. The lowest BCUT2D eigenvalue weighted by Gasteiger charge is -2.01. The highest BCUT2D eigenvalue weighted by atomic mass is 19.1. The molecule has 4 heteroatoms. The molecule has 0 amide bonds. The van der Waals surface area contributed by atoms with Crippen molar-refractivity contribution in [1.82, 2.24) is 4.57 Å². The second-order valence-corrected chi connectivity index (χ2v) is 5.48. The lowest BCUT2D eigenvalue weighted by molar-refractivity contribution is 0.386. The standard InChI is InChI=1S/C20H19FN2O/c1-23-17(13-16-7-3-4-8-19(16)23)14-22-11-5-6-15-9-10-20(24-2)18(21)12-15/h3-10,12-14H,11H2,1-2H3/b6-5+,22-14?. The molecule has 0 spiro atoms. The summed E-state index contributed by atoms with van der Waals surface area (Å²) in [5, 5.41) is 1.20. The quantitative estimate of drug-likeness (QED) is 0.637. The lowest BCUT2D eigenvalue weighted by Crippen LogP contribution is -1.94. The van der Waals surface area contributed by atoms with Gasteiger partial charge in [-0.1, -0.05) is 36.4 Å². The largest absolute Gasteiger partial charge is 0.494 e. The molecule has 0 radical (unpaired) electrons. The predicted octanol–water partition coefficient (Wildman–Crippen LogP) is 4.46. The minimum atomic E-state index is -0.362. The maximum Gasteiger partial charge on any atom is 0.165 e. The van der Waals surface area contributed by atoms with E-state index in [1.54, 1.807) is 6.07 Å². The van der Waals surface area contributed by atoms with Crippen LogP contribution in [0.4, 0.5) is 4.39 Å². The Bertz CT molecular complexity index is 909. The molecule has 0 saturated carbocycles. The SMILES string of the molecule is COc1ccc(/C=C/CN=Cc2cc3ccccc3n2C)cc1F. The van der Waals surface area contributed by atoms with Crippen molar-refractivity contribution in [2.45, 2.75) is 0 Å². The fourth-order valence-electron chi connectivity index (χ4n) is 2.62. The van der Waals surface area contributed by atoms with Gasteiger partial charge in [-0.05, 0) is 29.8 Å². The van der Waals surface area contributed by atoms with E-state index in [0.717, 1.165) is 11.3 Å². The van der Waals surface area contributed by atoms with Gasteiger partial charge < -0.3 is 9.30 Å². The van der Waals surface area contributed by atoms with Crippen LogP contribution in [0.25, 0.3) is 17.0 Å². The maximum atomic E-state index is 13.6. The number of hydrogen-bond donors (Lipinski definition) is 0. The average molecular weight is 322 g/mol. The van der Waals surface area contributed by atoms with E-state index in [1.807, 2.05) is 43.6 Å². The number of fused-ring (bicyclic) bond motifs is 1. The Morgan fingerprint density at radius 3 is 2.75 bits per heavy atom. The number of rotatable bonds is 5. The number of aryl methyl sites for hydroxylation is 1. The molecule has 3 rings (SSSR count). The minimum Gasteiger partial charge on any atom is -0.494 e. The first-order valence-corrected chi connectivity index (χ1v) is 7.73. The van der Waals surface area contributed by atoms with E-state index in [1.165, 1.54) is 24.1 Å². The highest BCUT2D eigenvalue weighted by molar-refractivity contribution is 5.90. The van der Waals surface area contributed by atoms with E-state index in [-0.39, 0.29) is 11.6 Å². The lowest BCUT2D eigenvalue weighted by atomic mass is 10.2. The van der Waals surface area contributed by atoms with Crippen LogP contribution in [0.2, 0.25) is 0 Å². The van der Waals surface area contributed by atoms with E-state index in [0.29, 0.717) is 6.54 Å². The molecule has 3 nitrogen and oxygen atoms in total. The van der Waals surface area contributed by atoms with Gasteiger partial charge in [0.15, 0.2) is 11.6 Å². The minimum absolute atomic E-state index is 0.251. The van der Waals surface area contributed by atoms with Crippen molar-refractivity contribution >= 4 is 23.2 Å². The second kappa shape index (κ2) is 7.13. The molecule has 0 aliphatic rings. The van der Waals surface area contributed by atoms with Gasteiger partial charge in [-0.25, -0.2) is 4.39 Å². The van der Waals surface area contributed by atoms with Crippen molar-refractivity contribution in [3.05, 3.63) is 71.7 Å². The van der Waals surface area contributed by atoms with Gasteiger partial charge >= 0.3 is 0 Å². The smallest absolute Gasteiger partial charge is 0.165 e. The second-order valence-electron chi connectivity index (χ2n) is 5.48. The van der Waals surface area contributed by atoms with Crippen LogP contribution in [0.5, 0.6) is 5.75 Å². The van der Waals surface area contributed by atoms with Crippen molar-refractivity contribution < 1.29 is 9.13 Å². The molecule has 1 aromatic heterocycles. The number of aliphatic imine (C=N–C) groups is 1. The van der Waals surface area contributed by atoms with E-state index < -0.39 is 0 Å². The molecule has 0 N–H and O–H groups in total. The van der Waals surface area contributed by atoms with Crippen molar-refractivity contribution in [2.24, 2.45) is 12.0 Å². The van der Waals surface area contributed by atoms with Crippen molar-refractivity contribution in [2.75, 3.05) is 13.7 Å². The number of benzene rings is 2. The Balaban J connectivity index is 1.65. The van der Waals surface area contributed by atoms with Crippen LogP contribution in [0.1, 0.15) is 11.3 Å². The summed E-state index contributed by atoms with van der Waals surface area (Å²) in [5.41, 5.74) is 3.02. The van der Waals surface area contributed by atoms with Gasteiger partial charge in [0.05, 0.1) is 19.3 Å². The zero-order valence-electron chi connectivity index (χ0n) is 13.7. The van der Waals surface area contributed by atoms with Crippen molar-refractivity contribution in [3.8, 4) is 5.75 Å². The van der Waals surface area contributed by atoms with Crippen LogP contribution >= 0.6 is 0 Å². The fourth-order valence-corrected chi connectivity index (χ4v) is 2.62. The van der Waals surface area contributed by atoms with Crippen LogP contribution in [-0.2, 0) is 7.05 Å². The molecular weight excluding hydrogens is 303 g/mol. The third kappa shape index (κ3) is 3.38. The van der Waals surface area contributed by atoms with Gasteiger partial charge in [0.2, 0.25) is 0 Å². The molecule has 0 atom stereocenters. The number of halogens is 1. The number of para-hydroxylation sites is 1. The van der Waals surface area contributed by atoms with Crippen molar-refractivity contribution in [1.29, 1.82) is 0 Å². The predicted molar refractivity (Wildman–Crippen MR) is 97.4 cm³/mol. The molecule has 0 aliphatic carbocycles. The number of ether oxygens (including phenoxy) is 1. The summed E-state index contributed by atoms with van der Waals surface area (Å²) in [7, 11) is 3.48. The number of methoxy groups -OCH3 is 1. The summed E-state index contributed by atoms with van der Waals surface area (Å²) >= 11 is 0. The number of nitrogens with zero attached hydrogens (tertiary/aromatic N) is 2. The molecule has 2 aromatic carbocycles. The molecule has 24 heavy (non-hydrogen) atoms. The number of hydrogen-bond acceptors (Lipinski definition) is 2. The van der Waals surface area contributed by atoms with Crippen LogP contribution < -0.4 is 4.74 Å². The molecule has 1 heterocycles. The third-order valence-corrected chi connectivity index (χ3v) is 3.91. The monoisotopic (exact) mass is 322 g/mol. The molecular formula is C20H19FN2O. The topological polar surface area (TPSA) is 26.5 Å². The normalized spacial score (nSPS) is 11.8. The Hall–Kier alpha value is -2.88. The highest BCUT2D eigenvalue weighted by Crippen LogP contribution is 2.18.